The van der Waals surface area contributed by atoms with Crippen LogP contribution in [0.3, 0.4) is 0 Å². The average molecular weight is 309 g/mol. The highest BCUT2D eigenvalue weighted by Gasteiger charge is 2.02. The van der Waals surface area contributed by atoms with Gasteiger partial charge in [-0.1, -0.05) is 31.5 Å². The molecule has 0 saturated heterocycles. The van der Waals surface area contributed by atoms with E-state index in [1.807, 2.05) is 0 Å². The molecule has 0 aromatic heterocycles. The van der Waals surface area contributed by atoms with Gasteiger partial charge in [0.25, 0.3) is 0 Å². The minimum atomic E-state index is 0.124. The van der Waals surface area contributed by atoms with E-state index in [4.69, 9.17) is 4.74 Å². The van der Waals surface area contributed by atoms with E-state index in [1.54, 1.807) is 11.8 Å². The van der Waals surface area contributed by atoms with Crippen molar-refractivity contribution in [3.63, 3.8) is 0 Å². The molecular formula is C17H27NO2S. The van der Waals surface area contributed by atoms with E-state index in [0.29, 0.717) is 18.9 Å². The highest BCUT2D eigenvalue weighted by molar-refractivity contribution is 7.99. The van der Waals surface area contributed by atoms with Crippen molar-refractivity contribution < 1.29 is 9.53 Å². The van der Waals surface area contributed by atoms with Crippen molar-refractivity contribution in [1.82, 2.24) is 5.32 Å². The van der Waals surface area contributed by atoms with Crippen LogP contribution < -0.4 is 5.32 Å². The second kappa shape index (κ2) is 10.7. The number of carbonyl (C=O) groups excluding carboxylic acids is 1. The Labute approximate surface area is 132 Å². The molecule has 0 bridgehead atoms. The first-order valence-electron chi connectivity index (χ1n) is 7.62. The largest absolute Gasteiger partial charge is 0.381 e. The molecule has 1 N–H and O–H groups in total. The molecule has 0 spiro atoms. The second-order valence-corrected chi connectivity index (χ2v) is 6.75. The molecule has 0 heterocycles. The first-order valence-corrected chi connectivity index (χ1v) is 8.60. The summed E-state index contributed by atoms with van der Waals surface area (Å²) in [5, 5.41) is 2.93. The van der Waals surface area contributed by atoms with Crippen LogP contribution in [0.5, 0.6) is 0 Å². The van der Waals surface area contributed by atoms with Gasteiger partial charge in [0.1, 0.15) is 0 Å². The normalized spacial score (nSPS) is 10.9. The Morgan fingerprint density at radius 1 is 1.29 bits per heavy atom. The van der Waals surface area contributed by atoms with E-state index in [-0.39, 0.29) is 5.91 Å². The van der Waals surface area contributed by atoms with E-state index in [0.717, 1.165) is 25.4 Å². The molecule has 118 valence electrons. The summed E-state index contributed by atoms with van der Waals surface area (Å²) < 4.78 is 5.47. The molecular weight excluding hydrogens is 282 g/mol. The number of nitrogens with one attached hydrogen (secondary N) is 1. The number of ether oxygens (including phenoxy) is 1. The third kappa shape index (κ3) is 9.53. The summed E-state index contributed by atoms with van der Waals surface area (Å²) in [5.74, 6) is 1.51. The minimum Gasteiger partial charge on any atom is -0.381 e. The highest BCUT2D eigenvalue weighted by atomic mass is 32.2. The van der Waals surface area contributed by atoms with E-state index >= 15 is 0 Å². The quantitative estimate of drug-likeness (QED) is 0.529. The summed E-state index contributed by atoms with van der Waals surface area (Å²) in [5.41, 5.74) is 1.26. The molecule has 4 heteroatoms. The van der Waals surface area contributed by atoms with E-state index in [1.165, 1.54) is 10.5 Å². The Morgan fingerprint density at radius 2 is 2.00 bits per heavy atom. The predicted molar refractivity (Wildman–Crippen MR) is 89.8 cm³/mol. The average Bonchev–Trinajstić information content (AvgIpc) is 2.44. The fourth-order valence-corrected chi connectivity index (χ4v) is 2.56. The van der Waals surface area contributed by atoms with Crippen LogP contribution in [0.15, 0.2) is 29.2 Å². The molecule has 0 atom stereocenters. The smallest absolute Gasteiger partial charge is 0.220 e. The SMILES string of the molecule is Cc1ccc(SCCC(=O)NCCCOCC(C)C)cc1. The summed E-state index contributed by atoms with van der Waals surface area (Å²) in [6.07, 6.45) is 1.44. The Morgan fingerprint density at radius 3 is 2.67 bits per heavy atom. The van der Waals surface area contributed by atoms with Crippen LogP contribution in [-0.2, 0) is 9.53 Å². The van der Waals surface area contributed by atoms with Crippen molar-refractivity contribution in [2.24, 2.45) is 5.92 Å². The number of thioether (sulfide) groups is 1. The number of hydrogen-bond donors (Lipinski definition) is 1. The number of benzene rings is 1. The van der Waals surface area contributed by atoms with Gasteiger partial charge in [0.15, 0.2) is 0 Å². The molecule has 0 aliphatic rings. The lowest BCUT2D eigenvalue weighted by Crippen LogP contribution is -2.25. The summed E-state index contributed by atoms with van der Waals surface area (Å²) in [6, 6.07) is 8.40. The maximum Gasteiger partial charge on any atom is 0.220 e. The van der Waals surface area contributed by atoms with Crippen LogP contribution in [0.2, 0.25) is 0 Å². The van der Waals surface area contributed by atoms with E-state index in [9.17, 15) is 4.79 Å². The Balaban J connectivity index is 2.00. The first-order chi connectivity index (χ1) is 10.1. The second-order valence-electron chi connectivity index (χ2n) is 5.58. The van der Waals surface area contributed by atoms with Crippen LogP contribution in [0.25, 0.3) is 0 Å². The fraction of sp³-hybridized carbons (Fsp3) is 0.588. The topological polar surface area (TPSA) is 38.3 Å². The molecule has 0 radical (unpaired) electrons. The van der Waals surface area contributed by atoms with Gasteiger partial charge in [-0.25, -0.2) is 0 Å². The summed E-state index contributed by atoms with van der Waals surface area (Å²) in [4.78, 5) is 12.9. The molecule has 1 amide bonds. The molecule has 0 fully saturated rings. The van der Waals surface area contributed by atoms with Gasteiger partial charge in [0.2, 0.25) is 5.91 Å². The molecule has 21 heavy (non-hydrogen) atoms. The Hall–Kier alpha value is -1.00. The zero-order valence-electron chi connectivity index (χ0n) is 13.4. The van der Waals surface area contributed by atoms with Crippen LogP contribution >= 0.6 is 11.8 Å². The zero-order chi connectivity index (χ0) is 15.5. The molecule has 1 aromatic rings. The van der Waals surface area contributed by atoms with Gasteiger partial charge in [-0.2, -0.15) is 0 Å². The van der Waals surface area contributed by atoms with Crippen LogP contribution in [0.4, 0.5) is 0 Å². The zero-order valence-corrected chi connectivity index (χ0v) is 14.2. The number of carbonyl (C=O) groups is 1. The van der Waals surface area contributed by atoms with Gasteiger partial charge in [-0.15, -0.1) is 11.8 Å². The number of aryl methyl sites for hydroxylation is 1. The van der Waals surface area contributed by atoms with Crippen LogP contribution in [0, 0.1) is 12.8 Å². The monoisotopic (exact) mass is 309 g/mol. The maximum atomic E-state index is 11.7. The molecule has 0 saturated carbocycles. The standard InChI is InChI=1S/C17H27NO2S/c1-14(2)13-20-11-4-10-18-17(19)9-12-21-16-7-5-15(3)6-8-16/h5-8,14H,4,9-13H2,1-3H3,(H,18,19). The summed E-state index contributed by atoms with van der Waals surface area (Å²) in [6.45, 7) is 8.55. The van der Waals surface area contributed by atoms with Crippen LogP contribution in [-0.4, -0.2) is 31.4 Å². The van der Waals surface area contributed by atoms with Gasteiger partial charge in [0.05, 0.1) is 0 Å². The molecule has 0 aliphatic carbocycles. The predicted octanol–water partition coefficient (Wildman–Crippen LogP) is 3.66. The molecule has 0 aliphatic heterocycles. The van der Waals surface area contributed by atoms with Crippen molar-refractivity contribution in [2.75, 3.05) is 25.5 Å². The molecule has 3 nitrogen and oxygen atoms in total. The first kappa shape index (κ1) is 18.1. The van der Waals surface area contributed by atoms with Gasteiger partial charge >= 0.3 is 0 Å². The van der Waals surface area contributed by atoms with Gasteiger partial charge in [-0.3, -0.25) is 4.79 Å². The Bertz CT molecular complexity index is 404. The minimum absolute atomic E-state index is 0.124. The number of amides is 1. The van der Waals surface area contributed by atoms with Crippen molar-refractivity contribution >= 4 is 17.7 Å². The lowest BCUT2D eigenvalue weighted by atomic mass is 10.2. The van der Waals surface area contributed by atoms with Gasteiger partial charge < -0.3 is 10.1 Å². The van der Waals surface area contributed by atoms with Gasteiger partial charge in [-0.05, 0) is 31.4 Å². The lowest BCUT2D eigenvalue weighted by molar-refractivity contribution is -0.120. The van der Waals surface area contributed by atoms with Crippen molar-refractivity contribution in [2.45, 2.75) is 38.5 Å². The number of hydrogen-bond acceptors (Lipinski definition) is 3. The van der Waals surface area contributed by atoms with Crippen molar-refractivity contribution in [1.29, 1.82) is 0 Å². The molecule has 1 rings (SSSR count). The van der Waals surface area contributed by atoms with E-state index < -0.39 is 0 Å². The third-order valence-electron chi connectivity index (χ3n) is 2.86. The molecule has 1 aromatic carbocycles. The third-order valence-corrected chi connectivity index (χ3v) is 3.87. The van der Waals surface area contributed by atoms with Crippen molar-refractivity contribution in [3.05, 3.63) is 29.8 Å². The molecule has 0 unspecified atom stereocenters. The summed E-state index contributed by atoms with van der Waals surface area (Å²) >= 11 is 1.72. The van der Waals surface area contributed by atoms with Crippen LogP contribution in [0.1, 0.15) is 32.3 Å². The Kier molecular flexibility index (Phi) is 9.19. The fourth-order valence-electron chi connectivity index (χ4n) is 1.71. The summed E-state index contributed by atoms with van der Waals surface area (Å²) in [7, 11) is 0. The number of rotatable bonds is 10. The lowest BCUT2D eigenvalue weighted by Gasteiger charge is -2.08. The highest BCUT2D eigenvalue weighted by Crippen LogP contribution is 2.18. The maximum absolute atomic E-state index is 11.7. The van der Waals surface area contributed by atoms with E-state index in [2.05, 4.69) is 50.4 Å². The van der Waals surface area contributed by atoms with Crippen molar-refractivity contribution in [3.8, 4) is 0 Å². The van der Waals surface area contributed by atoms with Gasteiger partial charge in [0, 0.05) is 36.8 Å².